The summed E-state index contributed by atoms with van der Waals surface area (Å²) in [6.45, 7) is 3.55. The van der Waals surface area contributed by atoms with Crippen molar-refractivity contribution in [3.05, 3.63) is 22.4 Å². The van der Waals surface area contributed by atoms with Crippen molar-refractivity contribution in [2.75, 3.05) is 6.54 Å². The van der Waals surface area contributed by atoms with E-state index in [1.54, 1.807) is 11.3 Å². The minimum absolute atomic E-state index is 0.0300. The number of hydrogen-bond donors (Lipinski definition) is 1. The molecule has 0 aromatic carbocycles. The number of amides is 1. The number of nitrogens with two attached hydrogens (primary N) is 1. The molecule has 1 fully saturated rings. The van der Waals surface area contributed by atoms with Crippen LogP contribution in [0.15, 0.2) is 17.5 Å². The van der Waals surface area contributed by atoms with Gasteiger partial charge in [0.25, 0.3) is 0 Å². The summed E-state index contributed by atoms with van der Waals surface area (Å²) in [5, 5.41) is 2.06. The summed E-state index contributed by atoms with van der Waals surface area (Å²) in [4.78, 5) is 15.9. The first kappa shape index (κ1) is 14.5. The van der Waals surface area contributed by atoms with Gasteiger partial charge in [-0.1, -0.05) is 25.3 Å². The maximum Gasteiger partial charge on any atom is 0.227 e. The van der Waals surface area contributed by atoms with E-state index in [1.165, 1.54) is 17.7 Å². The van der Waals surface area contributed by atoms with Crippen LogP contribution in [0.25, 0.3) is 0 Å². The zero-order chi connectivity index (χ0) is 13.7. The highest BCUT2D eigenvalue weighted by atomic mass is 32.1. The van der Waals surface area contributed by atoms with E-state index >= 15 is 0 Å². The van der Waals surface area contributed by atoms with E-state index in [0.29, 0.717) is 0 Å². The Kier molecular flexibility index (Phi) is 5.40. The molecule has 3 nitrogen and oxygen atoms in total. The van der Waals surface area contributed by atoms with Gasteiger partial charge in [-0.15, -0.1) is 11.3 Å². The molecule has 106 valence electrons. The topological polar surface area (TPSA) is 46.3 Å². The number of nitrogens with zero attached hydrogens (tertiary/aromatic N) is 1. The van der Waals surface area contributed by atoms with Crippen LogP contribution in [0.5, 0.6) is 0 Å². The molecule has 1 amide bonds. The molecule has 2 atom stereocenters. The average Bonchev–Trinajstić information content (AvgIpc) is 2.83. The summed E-state index contributed by atoms with van der Waals surface area (Å²) < 4.78 is 0. The molecule has 4 heteroatoms. The molecular formula is C15H24N2OS. The van der Waals surface area contributed by atoms with Crippen molar-refractivity contribution in [3.63, 3.8) is 0 Å². The minimum atomic E-state index is 0.0300. The molecule has 2 rings (SSSR count). The predicted octanol–water partition coefficient (Wildman–Crippen LogP) is 3.00. The fourth-order valence-corrected chi connectivity index (χ4v) is 3.53. The molecule has 1 saturated carbocycles. The van der Waals surface area contributed by atoms with Gasteiger partial charge in [0, 0.05) is 17.5 Å². The summed E-state index contributed by atoms with van der Waals surface area (Å²) in [6.07, 6.45) is 5.48. The van der Waals surface area contributed by atoms with E-state index in [1.807, 2.05) is 17.9 Å². The molecule has 0 bridgehead atoms. The van der Waals surface area contributed by atoms with Crippen molar-refractivity contribution in [2.24, 2.45) is 11.7 Å². The number of rotatable bonds is 4. The van der Waals surface area contributed by atoms with Gasteiger partial charge in [-0.25, -0.2) is 0 Å². The first-order valence-electron chi connectivity index (χ1n) is 7.29. The highest BCUT2D eigenvalue weighted by molar-refractivity contribution is 7.09. The Hall–Kier alpha value is -0.870. The van der Waals surface area contributed by atoms with Crippen molar-refractivity contribution in [2.45, 2.75) is 51.6 Å². The third-order valence-corrected chi connectivity index (χ3v) is 4.87. The Morgan fingerprint density at radius 1 is 1.42 bits per heavy atom. The van der Waals surface area contributed by atoms with Gasteiger partial charge in [0.05, 0.1) is 12.5 Å². The molecule has 0 radical (unpaired) electrons. The number of carbonyl (C=O) groups excluding carboxylic acids is 1. The lowest BCUT2D eigenvalue weighted by atomic mass is 9.94. The fourth-order valence-electron chi connectivity index (χ4n) is 2.81. The van der Waals surface area contributed by atoms with Crippen LogP contribution in [0, 0.1) is 5.92 Å². The van der Waals surface area contributed by atoms with Gasteiger partial charge in [-0.05, 0) is 31.2 Å². The van der Waals surface area contributed by atoms with Gasteiger partial charge >= 0.3 is 0 Å². The highest BCUT2D eigenvalue weighted by Gasteiger charge is 2.30. The monoisotopic (exact) mass is 280 g/mol. The SMILES string of the molecule is CCN(Cc1cccs1)C(=O)C1CCCCCC1N. The maximum absolute atomic E-state index is 12.7. The number of carbonyl (C=O) groups is 1. The summed E-state index contributed by atoms with van der Waals surface area (Å²) >= 11 is 1.71. The maximum atomic E-state index is 12.7. The van der Waals surface area contributed by atoms with Gasteiger partial charge in [-0.2, -0.15) is 0 Å². The zero-order valence-electron chi connectivity index (χ0n) is 11.7. The lowest BCUT2D eigenvalue weighted by Crippen LogP contribution is -2.43. The van der Waals surface area contributed by atoms with Gasteiger partial charge in [-0.3, -0.25) is 4.79 Å². The fraction of sp³-hybridized carbons (Fsp3) is 0.667. The standard InChI is InChI=1S/C15H24N2OS/c1-2-17(11-12-7-6-10-19-12)15(18)13-8-4-3-5-9-14(13)16/h6-7,10,13-14H,2-5,8-9,11,16H2,1H3. The number of hydrogen-bond acceptors (Lipinski definition) is 3. The Morgan fingerprint density at radius 2 is 2.21 bits per heavy atom. The van der Waals surface area contributed by atoms with Gasteiger partial charge in [0.2, 0.25) is 5.91 Å². The molecule has 1 aromatic rings. The summed E-state index contributed by atoms with van der Waals surface area (Å²) in [5.41, 5.74) is 6.20. The minimum Gasteiger partial charge on any atom is -0.338 e. The van der Waals surface area contributed by atoms with Crippen LogP contribution in [0.1, 0.15) is 43.9 Å². The second-order valence-corrected chi connectivity index (χ2v) is 6.37. The molecule has 1 heterocycles. The Labute approximate surface area is 119 Å². The van der Waals surface area contributed by atoms with Crippen LogP contribution in [-0.2, 0) is 11.3 Å². The van der Waals surface area contributed by atoms with E-state index in [0.717, 1.165) is 32.4 Å². The largest absolute Gasteiger partial charge is 0.338 e. The molecule has 0 aliphatic heterocycles. The smallest absolute Gasteiger partial charge is 0.227 e. The van der Waals surface area contributed by atoms with E-state index in [4.69, 9.17) is 5.73 Å². The first-order valence-corrected chi connectivity index (χ1v) is 8.17. The van der Waals surface area contributed by atoms with Crippen molar-refractivity contribution in [1.82, 2.24) is 4.90 Å². The lowest BCUT2D eigenvalue weighted by Gasteiger charge is -2.28. The van der Waals surface area contributed by atoms with Crippen molar-refractivity contribution < 1.29 is 4.79 Å². The van der Waals surface area contributed by atoms with Crippen LogP contribution in [0.3, 0.4) is 0 Å². The molecule has 2 N–H and O–H groups in total. The van der Waals surface area contributed by atoms with E-state index < -0.39 is 0 Å². The molecule has 1 aliphatic rings. The lowest BCUT2D eigenvalue weighted by molar-refractivity contribution is -0.136. The molecule has 0 saturated heterocycles. The highest BCUT2D eigenvalue weighted by Crippen LogP contribution is 2.25. The molecular weight excluding hydrogens is 256 g/mol. The third kappa shape index (κ3) is 3.80. The van der Waals surface area contributed by atoms with Gasteiger partial charge in [0.15, 0.2) is 0 Å². The Morgan fingerprint density at radius 3 is 2.89 bits per heavy atom. The normalized spacial score (nSPS) is 23.9. The van der Waals surface area contributed by atoms with E-state index in [9.17, 15) is 4.79 Å². The van der Waals surface area contributed by atoms with Crippen LogP contribution in [-0.4, -0.2) is 23.4 Å². The van der Waals surface area contributed by atoms with Crippen molar-refractivity contribution in [3.8, 4) is 0 Å². The van der Waals surface area contributed by atoms with Crippen molar-refractivity contribution >= 4 is 17.2 Å². The van der Waals surface area contributed by atoms with Crippen LogP contribution in [0.4, 0.5) is 0 Å². The summed E-state index contributed by atoms with van der Waals surface area (Å²) in [7, 11) is 0. The third-order valence-electron chi connectivity index (χ3n) is 4.01. The Bertz CT molecular complexity index is 391. The molecule has 0 spiro atoms. The van der Waals surface area contributed by atoms with Gasteiger partial charge in [0.1, 0.15) is 0 Å². The van der Waals surface area contributed by atoms with E-state index in [-0.39, 0.29) is 17.9 Å². The molecule has 2 unspecified atom stereocenters. The van der Waals surface area contributed by atoms with Crippen LogP contribution >= 0.6 is 11.3 Å². The quantitative estimate of drug-likeness (QED) is 0.862. The summed E-state index contributed by atoms with van der Waals surface area (Å²) in [6, 6.07) is 4.18. The van der Waals surface area contributed by atoms with Crippen LogP contribution < -0.4 is 5.73 Å². The zero-order valence-corrected chi connectivity index (χ0v) is 12.5. The molecule has 19 heavy (non-hydrogen) atoms. The Balaban J connectivity index is 2.02. The van der Waals surface area contributed by atoms with Gasteiger partial charge < -0.3 is 10.6 Å². The second-order valence-electron chi connectivity index (χ2n) is 5.34. The van der Waals surface area contributed by atoms with Crippen LogP contribution in [0.2, 0.25) is 0 Å². The molecule has 1 aromatic heterocycles. The summed E-state index contributed by atoms with van der Waals surface area (Å²) in [5.74, 6) is 0.285. The van der Waals surface area contributed by atoms with E-state index in [2.05, 4.69) is 11.4 Å². The molecule has 1 aliphatic carbocycles. The number of thiophene rings is 1. The average molecular weight is 280 g/mol. The second kappa shape index (κ2) is 7.06. The first-order chi connectivity index (χ1) is 9.22. The predicted molar refractivity (Wildman–Crippen MR) is 80.0 cm³/mol. The van der Waals surface area contributed by atoms with Crippen molar-refractivity contribution in [1.29, 1.82) is 0 Å².